The molecule has 1 amide bonds. The van der Waals surface area contributed by atoms with Gasteiger partial charge < -0.3 is 9.64 Å². The Hall–Kier alpha value is -1.35. The summed E-state index contributed by atoms with van der Waals surface area (Å²) in [5, 5.41) is 0. The van der Waals surface area contributed by atoms with E-state index in [2.05, 4.69) is 0 Å². The maximum Gasteiger partial charge on any atom is 0.255 e. The average Bonchev–Trinajstić information content (AvgIpc) is 2.18. The highest BCUT2D eigenvalue weighted by atomic mass is 16.5. The number of nitrogens with zero attached hydrogens (tertiary/aromatic N) is 1. The molecule has 70 valence electrons. The molecule has 0 spiro atoms. The molecule has 3 heteroatoms. The molecule has 1 aromatic rings. The Bertz CT molecular complexity index is 272. The Labute approximate surface area is 77.9 Å². The van der Waals surface area contributed by atoms with Crippen LogP contribution in [0, 0.1) is 0 Å². The Balaban J connectivity index is 2.68. The molecule has 0 aromatic heterocycles. The van der Waals surface area contributed by atoms with E-state index in [-0.39, 0.29) is 5.91 Å². The SMILES string of the molecule is COCN(C)C(=O)c1ccccc1. The van der Waals surface area contributed by atoms with Crippen LogP contribution in [0.25, 0.3) is 0 Å². The Kier molecular flexibility index (Phi) is 3.46. The third-order valence-electron chi connectivity index (χ3n) is 1.69. The van der Waals surface area contributed by atoms with Crippen molar-refractivity contribution in [1.82, 2.24) is 4.90 Å². The molecule has 3 nitrogen and oxygen atoms in total. The van der Waals surface area contributed by atoms with E-state index in [1.54, 1.807) is 26.3 Å². The standard InChI is InChI=1S/C10H13NO2/c1-11(8-13-2)10(12)9-6-4-3-5-7-9/h3-7H,8H2,1-2H3. The van der Waals surface area contributed by atoms with E-state index in [9.17, 15) is 4.79 Å². The van der Waals surface area contributed by atoms with Crippen LogP contribution in [0.3, 0.4) is 0 Å². The topological polar surface area (TPSA) is 29.5 Å². The average molecular weight is 179 g/mol. The zero-order chi connectivity index (χ0) is 9.68. The third-order valence-corrected chi connectivity index (χ3v) is 1.69. The van der Waals surface area contributed by atoms with Crippen LogP contribution in [-0.2, 0) is 4.74 Å². The summed E-state index contributed by atoms with van der Waals surface area (Å²) in [5.74, 6) is -0.0255. The summed E-state index contributed by atoms with van der Waals surface area (Å²) in [6.07, 6.45) is 0. The van der Waals surface area contributed by atoms with Gasteiger partial charge in [0.05, 0.1) is 0 Å². The molecule has 1 rings (SSSR count). The largest absolute Gasteiger partial charge is 0.364 e. The molecule has 0 atom stereocenters. The maximum atomic E-state index is 11.6. The lowest BCUT2D eigenvalue weighted by Crippen LogP contribution is -2.28. The van der Waals surface area contributed by atoms with Crippen molar-refractivity contribution in [2.45, 2.75) is 0 Å². The molecule has 0 unspecified atom stereocenters. The van der Waals surface area contributed by atoms with Gasteiger partial charge in [-0.25, -0.2) is 0 Å². The summed E-state index contributed by atoms with van der Waals surface area (Å²) in [5.41, 5.74) is 0.682. The molecule has 0 saturated heterocycles. The lowest BCUT2D eigenvalue weighted by atomic mass is 10.2. The van der Waals surface area contributed by atoms with E-state index < -0.39 is 0 Å². The second kappa shape index (κ2) is 4.62. The number of ether oxygens (including phenoxy) is 1. The quantitative estimate of drug-likeness (QED) is 0.656. The number of hydrogen-bond acceptors (Lipinski definition) is 2. The van der Waals surface area contributed by atoms with Crippen LogP contribution in [0.2, 0.25) is 0 Å². The van der Waals surface area contributed by atoms with Crippen molar-refractivity contribution >= 4 is 5.91 Å². The van der Waals surface area contributed by atoms with Crippen LogP contribution in [0.1, 0.15) is 10.4 Å². The number of carbonyl (C=O) groups excluding carboxylic acids is 1. The van der Waals surface area contributed by atoms with Gasteiger partial charge in [-0.3, -0.25) is 4.79 Å². The molecule has 13 heavy (non-hydrogen) atoms. The van der Waals surface area contributed by atoms with E-state index in [1.807, 2.05) is 18.2 Å². The van der Waals surface area contributed by atoms with Crippen LogP contribution in [-0.4, -0.2) is 31.7 Å². The number of carbonyl (C=O) groups is 1. The molecule has 0 aliphatic carbocycles. The van der Waals surface area contributed by atoms with Crippen LogP contribution < -0.4 is 0 Å². The van der Waals surface area contributed by atoms with Crippen LogP contribution in [0.4, 0.5) is 0 Å². The van der Waals surface area contributed by atoms with Crippen LogP contribution in [0.5, 0.6) is 0 Å². The molecule has 0 N–H and O–H groups in total. The molecule has 0 aliphatic rings. The summed E-state index contributed by atoms with van der Waals surface area (Å²) in [6.45, 7) is 0.313. The monoisotopic (exact) mass is 179 g/mol. The Morgan fingerprint density at radius 1 is 1.38 bits per heavy atom. The molecule has 0 bridgehead atoms. The van der Waals surface area contributed by atoms with E-state index in [0.29, 0.717) is 12.3 Å². The van der Waals surface area contributed by atoms with Gasteiger partial charge in [0, 0.05) is 19.7 Å². The van der Waals surface area contributed by atoms with Crippen LogP contribution in [0.15, 0.2) is 30.3 Å². The summed E-state index contributed by atoms with van der Waals surface area (Å²) in [4.78, 5) is 13.1. The molecular formula is C10H13NO2. The summed E-state index contributed by atoms with van der Waals surface area (Å²) in [6, 6.07) is 9.14. The highest BCUT2D eigenvalue weighted by Gasteiger charge is 2.09. The van der Waals surface area contributed by atoms with E-state index in [0.717, 1.165) is 0 Å². The lowest BCUT2D eigenvalue weighted by Gasteiger charge is -2.15. The maximum absolute atomic E-state index is 11.6. The molecule has 0 fully saturated rings. The van der Waals surface area contributed by atoms with Crippen LogP contribution >= 0.6 is 0 Å². The summed E-state index contributed by atoms with van der Waals surface area (Å²) < 4.78 is 4.85. The zero-order valence-electron chi connectivity index (χ0n) is 7.86. The van der Waals surface area contributed by atoms with Gasteiger partial charge in [-0.15, -0.1) is 0 Å². The van der Waals surface area contributed by atoms with Gasteiger partial charge in [-0.05, 0) is 12.1 Å². The van der Waals surface area contributed by atoms with Crippen molar-refractivity contribution in [3.8, 4) is 0 Å². The minimum Gasteiger partial charge on any atom is -0.364 e. The van der Waals surface area contributed by atoms with Gasteiger partial charge in [0.25, 0.3) is 5.91 Å². The predicted octanol–water partition coefficient (Wildman–Crippen LogP) is 1.36. The normalized spacial score (nSPS) is 9.69. The number of benzene rings is 1. The van der Waals surface area contributed by atoms with Gasteiger partial charge in [0.1, 0.15) is 6.73 Å². The van der Waals surface area contributed by atoms with E-state index in [1.165, 1.54) is 4.90 Å². The first-order valence-electron chi connectivity index (χ1n) is 4.05. The zero-order valence-corrected chi connectivity index (χ0v) is 7.86. The van der Waals surface area contributed by atoms with Crippen molar-refractivity contribution < 1.29 is 9.53 Å². The third kappa shape index (κ3) is 2.56. The van der Waals surface area contributed by atoms with Gasteiger partial charge in [-0.1, -0.05) is 18.2 Å². The fourth-order valence-electron chi connectivity index (χ4n) is 1.05. The summed E-state index contributed by atoms with van der Waals surface area (Å²) >= 11 is 0. The van der Waals surface area contributed by atoms with Crippen molar-refractivity contribution in [2.75, 3.05) is 20.9 Å². The number of methoxy groups -OCH3 is 1. The minimum absolute atomic E-state index is 0.0255. The lowest BCUT2D eigenvalue weighted by molar-refractivity contribution is 0.0507. The van der Waals surface area contributed by atoms with E-state index in [4.69, 9.17) is 4.74 Å². The fraction of sp³-hybridized carbons (Fsp3) is 0.300. The molecule has 0 aliphatic heterocycles. The number of hydrogen-bond donors (Lipinski definition) is 0. The fourth-order valence-corrected chi connectivity index (χ4v) is 1.05. The molecular weight excluding hydrogens is 166 g/mol. The highest BCUT2D eigenvalue weighted by Crippen LogP contribution is 2.02. The predicted molar refractivity (Wildman–Crippen MR) is 50.4 cm³/mol. The second-order valence-corrected chi connectivity index (χ2v) is 2.79. The van der Waals surface area contributed by atoms with E-state index >= 15 is 0 Å². The first-order valence-corrected chi connectivity index (χ1v) is 4.05. The van der Waals surface area contributed by atoms with Crippen molar-refractivity contribution in [1.29, 1.82) is 0 Å². The molecule has 0 heterocycles. The van der Waals surface area contributed by atoms with Gasteiger partial charge in [-0.2, -0.15) is 0 Å². The van der Waals surface area contributed by atoms with Crippen molar-refractivity contribution in [3.05, 3.63) is 35.9 Å². The smallest absolute Gasteiger partial charge is 0.255 e. The van der Waals surface area contributed by atoms with Gasteiger partial charge >= 0.3 is 0 Å². The molecule has 0 saturated carbocycles. The number of rotatable bonds is 3. The minimum atomic E-state index is -0.0255. The second-order valence-electron chi connectivity index (χ2n) is 2.79. The Morgan fingerprint density at radius 3 is 2.54 bits per heavy atom. The summed E-state index contributed by atoms with van der Waals surface area (Å²) in [7, 11) is 3.27. The van der Waals surface area contributed by atoms with Gasteiger partial charge in [0.15, 0.2) is 0 Å². The molecule has 0 radical (unpaired) electrons. The van der Waals surface area contributed by atoms with Gasteiger partial charge in [0.2, 0.25) is 0 Å². The molecule has 1 aromatic carbocycles. The van der Waals surface area contributed by atoms with Crippen molar-refractivity contribution in [3.63, 3.8) is 0 Å². The number of amides is 1. The highest BCUT2D eigenvalue weighted by molar-refractivity contribution is 5.93. The van der Waals surface area contributed by atoms with Crippen molar-refractivity contribution in [2.24, 2.45) is 0 Å². The Morgan fingerprint density at radius 2 is 2.00 bits per heavy atom. The first kappa shape index (κ1) is 9.74. The first-order chi connectivity index (χ1) is 6.25.